The lowest BCUT2D eigenvalue weighted by atomic mass is 10.0. The molecule has 0 spiro atoms. The zero-order valence-corrected chi connectivity index (χ0v) is 9.83. The molecule has 0 amide bonds. The Bertz CT molecular complexity index is 457. The molecule has 82 valence electrons. The fraction of sp³-hybridized carbons (Fsp3) is 0.200. The highest BCUT2D eigenvalue weighted by atomic mass is 14.8. The highest BCUT2D eigenvalue weighted by Crippen LogP contribution is 2.20. The predicted molar refractivity (Wildman–Crippen MR) is 69.4 cm³/mol. The Balaban J connectivity index is 2.27. The first-order chi connectivity index (χ1) is 7.79. The molecule has 2 aromatic carbocycles. The van der Waals surface area contributed by atoms with Crippen molar-refractivity contribution in [1.82, 2.24) is 5.32 Å². The van der Waals surface area contributed by atoms with E-state index in [9.17, 15) is 0 Å². The van der Waals surface area contributed by atoms with Gasteiger partial charge in [-0.1, -0.05) is 54.1 Å². The van der Waals surface area contributed by atoms with E-state index in [0.29, 0.717) is 0 Å². The normalized spacial score (nSPS) is 10.4. The molecule has 1 heteroatoms. The molecule has 0 aliphatic heterocycles. The molecule has 2 aromatic rings. The molecule has 0 aromatic heterocycles. The van der Waals surface area contributed by atoms with E-state index in [1.165, 1.54) is 22.3 Å². The van der Waals surface area contributed by atoms with Crippen LogP contribution in [-0.4, -0.2) is 7.05 Å². The van der Waals surface area contributed by atoms with Crippen molar-refractivity contribution in [1.29, 1.82) is 0 Å². The van der Waals surface area contributed by atoms with Gasteiger partial charge in [0.2, 0.25) is 0 Å². The van der Waals surface area contributed by atoms with Crippen LogP contribution in [0.25, 0.3) is 11.1 Å². The summed E-state index contributed by atoms with van der Waals surface area (Å²) in [5.74, 6) is 0. The van der Waals surface area contributed by atoms with E-state index in [1.807, 2.05) is 7.05 Å². The summed E-state index contributed by atoms with van der Waals surface area (Å²) in [6.07, 6.45) is 0. The molecule has 2 rings (SSSR count). The second-order valence-electron chi connectivity index (χ2n) is 4.10. The summed E-state index contributed by atoms with van der Waals surface area (Å²) in [6.45, 7) is 3.05. The number of hydrogen-bond donors (Lipinski definition) is 1. The van der Waals surface area contributed by atoms with Crippen molar-refractivity contribution in [3.8, 4) is 11.1 Å². The third kappa shape index (κ3) is 2.50. The number of aryl methyl sites for hydroxylation is 1. The van der Waals surface area contributed by atoms with Gasteiger partial charge in [-0.2, -0.15) is 0 Å². The Labute approximate surface area is 97.1 Å². The summed E-state index contributed by atoms with van der Waals surface area (Å²) in [4.78, 5) is 0. The van der Waals surface area contributed by atoms with Gasteiger partial charge in [0.15, 0.2) is 0 Å². The van der Waals surface area contributed by atoms with Gasteiger partial charge in [-0.25, -0.2) is 0 Å². The van der Waals surface area contributed by atoms with Gasteiger partial charge in [0.1, 0.15) is 0 Å². The van der Waals surface area contributed by atoms with E-state index in [-0.39, 0.29) is 0 Å². The molecule has 0 saturated carbocycles. The minimum absolute atomic E-state index is 0.925. The summed E-state index contributed by atoms with van der Waals surface area (Å²) in [6, 6.07) is 17.3. The van der Waals surface area contributed by atoms with E-state index in [2.05, 4.69) is 60.8 Å². The third-order valence-corrected chi connectivity index (χ3v) is 2.69. The molecule has 1 N–H and O–H groups in total. The van der Waals surface area contributed by atoms with Crippen molar-refractivity contribution in [3.05, 3.63) is 59.7 Å². The minimum Gasteiger partial charge on any atom is -0.316 e. The average molecular weight is 211 g/mol. The summed E-state index contributed by atoms with van der Waals surface area (Å²) in [5, 5.41) is 3.15. The van der Waals surface area contributed by atoms with E-state index in [1.54, 1.807) is 0 Å². The smallest absolute Gasteiger partial charge is 0.0202 e. The molecular weight excluding hydrogens is 194 g/mol. The van der Waals surface area contributed by atoms with Crippen LogP contribution in [0.3, 0.4) is 0 Å². The van der Waals surface area contributed by atoms with E-state index in [4.69, 9.17) is 0 Å². The van der Waals surface area contributed by atoms with Crippen LogP contribution in [0.1, 0.15) is 11.1 Å². The maximum atomic E-state index is 3.15. The van der Waals surface area contributed by atoms with Gasteiger partial charge in [0, 0.05) is 6.54 Å². The van der Waals surface area contributed by atoms with Crippen LogP contribution in [-0.2, 0) is 6.54 Å². The number of nitrogens with one attached hydrogen (secondary N) is 1. The molecule has 0 fully saturated rings. The van der Waals surface area contributed by atoms with Crippen LogP contribution < -0.4 is 5.32 Å². The Morgan fingerprint density at radius 1 is 0.938 bits per heavy atom. The van der Waals surface area contributed by atoms with Gasteiger partial charge in [0.05, 0.1) is 0 Å². The first-order valence-corrected chi connectivity index (χ1v) is 5.60. The fourth-order valence-corrected chi connectivity index (χ4v) is 1.84. The summed E-state index contributed by atoms with van der Waals surface area (Å²) in [7, 11) is 1.97. The predicted octanol–water partition coefficient (Wildman–Crippen LogP) is 3.38. The Morgan fingerprint density at radius 3 is 2.31 bits per heavy atom. The van der Waals surface area contributed by atoms with Crippen LogP contribution >= 0.6 is 0 Å². The monoisotopic (exact) mass is 211 g/mol. The Morgan fingerprint density at radius 2 is 1.69 bits per heavy atom. The van der Waals surface area contributed by atoms with Gasteiger partial charge >= 0.3 is 0 Å². The minimum atomic E-state index is 0.925. The first-order valence-electron chi connectivity index (χ1n) is 5.60. The second kappa shape index (κ2) is 4.95. The molecule has 0 radical (unpaired) electrons. The van der Waals surface area contributed by atoms with Crippen LogP contribution in [0, 0.1) is 6.92 Å². The second-order valence-corrected chi connectivity index (χ2v) is 4.10. The maximum absolute atomic E-state index is 3.15. The van der Waals surface area contributed by atoms with Crippen LogP contribution in [0.15, 0.2) is 48.5 Å². The lowest BCUT2D eigenvalue weighted by molar-refractivity contribution is 0.818. The quantitative estimate of drug-likeness (QED) is 0.820. The number of hydrogen-bond acceptors (Lipinski definition) is 1. The molecule has 16 heavy (non-hydrogen) atoms. The van der Waals surface area contributed by atoms with E-state index in [0.717, 1.165) is 6.54 Å². The lowest BCUT2D eigenvalue weighted by Crippen LogP contribution is -2.04. The summed E-state index contributed by atoms with van der Waals surface area (Å²) in [5.41, 5.74) is 5.19. The third-order valence-electron chi connectivity index (χ3n) is 2.69. The van der Waals surface area contributed by atoms with Gasteiger partial charge in [-0.15, -0.1) is 0 Å². The molecular formula is C15H17N. The van der Waals surface area contributed by atoms with Crippen molar-refractivity contribution in [2.24, 2.45) is 0 Å². The molecule has 1 nitrogen and oxygen atoms in total. The van der Waals surface area contributed by atoms with Crippen molar-refractivity contribution in [2.75, 3.05) is 7.05 Å². The van der Waals surface area contributed by atoms with Gasteiger partial charge in [-0.05, 0) is 30.7 Å². The Kier molecular flexibility index (Phi) is 3.37. The van der Waals surface area contributed by atoms with Crippen molar-refractivity contribution < 1.29 is 0 Å². The highest BCUT2D eigenvalue weighted by Gasteiger charge is 1.97. The van der Waals surface area contributed by atoms with Crippen LogP contribution in [0.4, 0.5) is 0 Å². The molecule has 0 aliphatic rings. The van der Waals surface area contributed by atoms with Crippen molar-refractivity contribution in [2.45, 2.75) is 13.5 Å². The van der Waals surface area contributed by atoms with Crippen molar-refractivity contribution in [3.63, 3.8) is 0 Å². The van der Waals surface area contributed by atoms with Crippen LogP contribution in [0.2, 0.25) is 0 Å². The molecule has 0 saturated heterocycles. The molecule has 0 aliphatic carbocycles. The van der Waals surface area contributed by atoms with Crippen molar-refractivity contribution >= 4 is 0 Å². The zero-order chi connectivity index (χ0) is 11.4. The summed E-state index contributed by atoms with van der Waals surface area (Å²) < 4.78 is 0. The fourth-order valence-electron chi connectivity index (χ4n) is 1.84. The van der Waals surface area contributed by atoms with Gasteiger partial charge in [0.25, 0.3) is 0 Å². The summed E-state index contributed by atoms with van der Waals surface area (Å²) >= 11 is 0. The largest absolute Gasteiger partial charge is 0.316 e. The average Bonchev–Trinajstić information content (AvgIpc) is 2.30. The zero-order valence-electron chi connectivity index (χ0n) is 9.83. The number of benzene rings is 2. The Hall–Kier alpha value is -1.60. The standard InChI is InChI=1S/C15H17N/c1-12-4-3-5-15(10-12)14-8-6-13(7-9-14)11-16-2/h3-10,16H,11H2,1-2H3. The van der Waals surface area contributed by atoms with Gasteiger partial charge < -0.3 is 5.32 Å². The molecule has 0 unspecified atom stereocenters. The topological polar surface area (TPSA) is 12.0 Å². The first kappa shape index (κ1) is 10.9. The molecule has 0 bridgehead atoms. The van der Waals surface area contributed by atoms with E-state index < -0.39 is 0 Å². The van der Waals surface area contributed by atoms with Gasteiger partial charge in [-0.3, -0.25) is 0 Å². The molecule has 0 heterocycles. The lowest BCUT2D eigenvalue weighted by Gasteiger charge is -2.05. The van der Waals surface area contributed by atoms with Crippen LogP contribution in [0.5, 0.6) is 0 Å². The molecule has 0 atom stereocenters. The number of rotatable bonds is 3. The highest BCUT2D eigenvalue weighted by molar-refractivity contribution is 5.64. The van der Waals surface area contributed by atoms with E-state index >= 15 is 0 Å². The SMILES string of the molecule is CNCc1ccc(-c2cccc(C)c2)cc1. The maximum Gasteiger partial charge on any atom is 0.0202 e.